The summed E-state index contributed by atoms with van der Waals surface area (Å²) in [7, 11) is 0. The van der Waals surface area contributed by atoms with E-state index < -0.39 is 11.9 Å². The molecule has 0 bridgehead atoms. The van der Waals surface area contributed by atoms with Gasteiger partial charge in [0.1, 0.15) is 5.69 Å². The fourth-order valence-corrected chi connectivity index (χ4v) is 1.78. The summed E-state index contributed by atoms with van der Waals surface area (Å²) in [6.45, 7) is 3.63. The van der Waals surface area contributed by atoms with Crippen LogP contribution in [0.3, 0.4) is 0 Å². The second kappa shape index (κ2) is 5.03. The molecule has 7 heteroatoms. The van der Waals surface area contributed by atoms with Crippen LogP contribution in [0.25, 0.3) is 0 Å². The Morgan fingerprint density at radius 1 is 1.31 bits per heavy atom. The highest BCUT2D eigenvalue weighted by molar-refractivity contribution is 6.16. The van der Waals surface area contributed by atoms with E-state index in [1.54, 1.807) is 0 Å². The summed E-state index contributed by atoms with van der Waals surface area (Å²) >= 11 is 5.43. The van der Waals surface area contributed by atoms with Gasteiger partial charge in [-0.1, -0.05) is 19.1 Å². The predicted molar refractivity (Wildman–Crippen MR) is 54.2 cm³/mol. The van der Waals surface area contributed by atoms with Crippen molar-refractivity contribution in [3.05, 3.63) is 11.4 Å². The van der Waals surface area contributed by atoms with Crippen LogP contribution in [0.5, 0.6) is 0 Å². The highest BCUT2D eigenvalue weighted by Crippen LogP contribution is 2.34. The first-order valence-electron chi connectivity index (χ1n) is 5.02. The Morgan fingerprint density at radius 3 is 2.25 bits per heavy atom. The van der Waals surface area contributed by atoms with Crippen molar-refractivity contribution in [3.8, 4) is 0 Å². The SMILES string of the molecule is CCC(CC)n1nnc(CCl)c1C(F)(F)F. The molecule has 1 rings (SSSR count). The van der Waals surface area contributed by atoms with Crippen molar-refractivity contribution in [3.63, 3.8) is 0 Å². The van der Waals surface area contributed by atoms with Crippen molar-refractivity contribution < 1.29 is 13.2 Å². The molecule has 0 radical (unpaired) electrons. The number of halogens is 4. The van der Waals surface area contributed by atoms with Crippen LogP contribution in [0.2, 0.25) is 0 Å². The van der Waals surface area contributed by atoms with Gasteiger partial charge in [-0.2, -0.15) is 13.2 Å². The number of nitrogens with zero attached hydrogens (tertiary/aromatic N) is 3. The van der Waals surface area contributed by atoms with Gasteiger partial charge in [-0.15, -0.1) is 16.7 Å². The topological polar surface area (TPSA) is 30.7 Å². The average molecular weight is 256 g/mol. The predicted octanol–water partition coefficient (Wildman–Crippen LogP) is 3.40. The Morgan fingerprint density at radius 2 is 1.88 bits per heavy atom. The molecule has 0 atom stereocenters. The minimum atomic E-state index is -4.46. The average Bonchev–Trinajstić information content (AvgIpc) is 2.63. The minimum Gasteiger partial charge on any atom is -0.237 e. The fourth-order valence-electron chi connectivity index (χ4n) is 1.60. The molecule has 1 aromatic heterocycles. The maximum absolute atomic E-state index is 12.8. The van der Waals surface area contributed by atoms with E-state index in [0.29, 0.717) is 12.8 Å². The molecule has 0 amide bonds. The molecular formula is C9H13ClF3N3. The zero-order valence-corrected chi connectivity index (χ0v) is 9.81. The smallest absolute Gasteiger partial charge is 0.237 e. The lowest BCUT2D eigenvalue weighted by Gasteiger charge is -2.17. The van der Waals surface area contributed by atoms with E-state index in [2.05, 4.69) is 10.3 Å². The van der Waals surface area contributed by atoms with Gasteiger partial charge in [0.25, 0.3) is 0 Å². The summed E-state index contributed by atoms with van der Waals surface area (Å²) in [4.78, 5) is 0. The number of aromatic nitrogens is 3. The Bertz CT molecular complexity index is 344. The Hall–Kier alpha value is -0.780. The Balaban J connectivity index is 3.24. The summed E-state index contributed by atoms with van der Waals surface area (Å²) in [6.07, 6.45) is -3.31. The van der Waals surface area contributed by atoms with Crippen LogP contribution in [0.15, 0.2) is 0 Å². The zero-order chi connectivity index (χ0) is 12.3. The molecule has 92 valence electrons. The molecular weight excluding hydrogens is 243 g/mol. The van der Waals surface area contributed by atoms with E-state index in [-0.39, 0.29) is 17.6 Å². The molecule has 0 saturated carbocycles. The highest BCUT2D eigenvalue weighted by atomic mass is 35.5. The number of hydrogen-bond donors (Lipinski definition) is 0. The minimum absolute atomic E-state index is 0.207. The second-order valence-electron chi connectivity index (χ2n) is 3.43. The van der Waals surface area contributed by atoms with Crippen molar-refractivity contribution >= 4 is 11.6 Å². The van der Waals surface area contributed by atoms with Crippen LogP contribution in [0.1, 0.15) is 44.1 Å². The molecule has 0 aromatic carbocycles. The molecule has 1 heterocycles. The van der Waals surface area contributed by atoms with Crippen molar-refractivity contribution in [2.24, 2.45) is 0 Å². The van der Waals surface area contributed by atoms with Crippen LogP contribution in [-0.4, -0.2) is 15.0 Å². The summed E-state index contributed by atoms with van der Waals surface area (Å²) in [5, 5.41) is 7.04. The molecule has 0 N–H and O–H groups in total. The third-order valence-electron chi connectivity index (χ3n) is 2.45. The van der Waals surface area contributed by atoms with Gasteiger partial charge in [0.2, 0.25) is 0 Å². The lowest BCUT2D eigenvalue weighted by molar-refractivity contribution is -0.145. The van der Waals surface area contributed by atoms with Crippen molar-refractivity contribution in [1.29, 1.82) is 0 Å². The lowest BCUT2D eigenvalue weighted by atomic mass is 10.1. The van der Waals surface area contributed by atoms with Gasteiger partial charge in [-0.05, 0) is 12.8 Å². The summed E-state index contributed by atoms with van der Waals surface area (Å²) in [5.74, 6) is -0.283. The molecule has 16 heavy (non-hydrogen) atoms. The molecule has 0 unspecified atom stereocenters. The number of alkyl halides is 4. The van der Waals surface area contributed by atoms with E-state index in [0.717, 1.165) is 4.68 Å². The van der Waals surface area contributed by atoms with E-state index in [1.165, 1.54) is 0 Å². The number of rotatable bonds is 4. The lowest BCUT2D eigenvalue weighted by Crippen LogP contribution is -2.20. The van der Waals surface area contributed by atoms with E-state index in [1.807, 2.05) is 13.8 Å². The standard InChI is InChI=1S/C9H13ClF3N3/c1-3-6(4-2)16-8(9(11,12)13)7(5-10)14-15-16/h6H,3-5H2,1-2H3. The molecule has 0 spiro atoms. The number of hydrogen-bond acceptors (Lipinski definition) is 2. The van der Waals surface area contributed by atoms with Gasteiger partial charge < -0.3 is 0 Å². The van der Waals surface area contributed by atoms with Crippen molar-refractivity contribution in [1.82, 2.24) is 15.0 Å². The Kier molecular flexibility index (Phi) is 4.18. The largest absolute Gasteiger partial charge is 0.434 e. The van der Waals surface area contributed by atoms with Crippen LogP contribution in [-0.2, 0) is 12.1 Å². The first-order valence-corrected chi connectivity index (χ1v) is 5.56. The molecule has 0 aliphatic heterocycles. The van der Waals surface area contributed by atoms with E-state index in [9.17, 15) is 13.2 Å². The van der Waals surface area contributed by atoms with Crippen LogP contribution < -0.4 is 0 Å². The zero-order valence-electron chi connectivity index (χ0n) is 9.05. The molecule has 1 aromatic rings. The van der Waals surface area contributed by atoms with Crippen molar-refractivity contribution in [2.75, 3.05) is 0 Å². The first kappa shape index (κ1) is 13.3. The van der Waals surface area contributed by atoms with Gasteiger partial charge in [-0.25, -0.2) is 4.68 Å². The quantitative estimate of drug-likeness (QED) is 0.772. The summed E-state index contributed by atoms with van der Waals surface area (Å²) in [5.41, 5.74) is -1.03. The van der Waals surface area contributed by atoms with E-state index in [4.69, 9.17) is 11.6 Å². The first-order chi connectivity index (χ1) is 7.45. The third kappa shape index (κ3) is 2.48. The van der Waals surface area contributed by atoms with Crippen LogP contribution in [0, 0.1) is 0 Å². The summed E-state index contributed by atoms with van der Waals surface area (Å²) < 4.78 is 39.4. The van der Waals surface area contributed by atoms with Crippen molar-refractivity contribution in [2.45, 2.75) is 44.8 Å². The summed E-state index contributed by atoms with van der Waals surface area (Å²) in [6, 6.07) is -0.291. The second-order valence-corrected chi connectivity index (χ2v) is 3.70. The van der Waals surface area contributed by atoms with Gasteiger partial charge in [0.05, 0.1) is 11.9 Å². The molecule has 3 nitrogen and oxygen atoms in total. The maximum atomic E-state index is 12.8. The van der Waals surface area contributed by atoms with Crippen LogP contribution in [0.4, 0.5) is 13.2 Å². The monoisotopic (exact) mass is 255 g/mol. The van der Waals surface area contributed by atoms with E-state index >= 15 is 0 Å². The maximum Gasteiger partial charge on any atom is 0.434 e. The molecule has 0 aliphatic rings. The molecule has 0 fully saturated rings. The van der Waals surface area contributed by atoms with Gasteiger partial charge in [0.15, 0.2) is 5.69 Å². The Labute approximate surface area is 96.6 Å². The van der Waals surface area contributed by atoms with Crippen LogP contribution >= 0.6 is 11.6 Å². The van der Waals surface area contributed by atoms with Gasteiger partial charge in [-0.3, -0.25) is 0 Å². The molecule has 0 aliphatic carbocycles. The van der Waals surface area contributed by atoms with Gasteiger partial charge >= 0.3 is 6.18 Å². The third-order valence-corrected chi connectivity index (χ3v) is 2.70. The molecule has 0 saturated heterocycles. The highest BCUT2D eigenvalue weighted by Gasteiger charge is 2.40. The normalized spacial score (nSPS) is 12.4. The fraction of sp³-hybridized carbons (Fsp3) is 0.778. The van der Waals surface area contributed by atoms with Gasteiger partial charge in [0, 0.05) is 0 Å².